The average molecular weight is 340 g/mol. The number of amides is 1. The third kappa shape index (κ3) is 4.13. The van der Waals surface area contributed by atoms with Gasteiger partial charge in [-0.1, -0.05) is 0 Å². The van der Waals surface area contributed by atoms with Gasteiger partial charge in [-0.25, -0.2) is 0 Å². The maximum Gasteiger partial charge on any atom is 0.251 e. The van der Waals surface area contributed by atoms with E-state index >= 15 is 0 Å². The van der Waals surface area contributed by atoms with Crippen molar-refractivity contribution in [3.05, 3.63) is 52.8 Å². The molecule has 1 aliphatic carbocycles. The van der Waals surface area contributed by atoms with Crippen LogP contribution < -0.4 is 5.32 Å². The Morgan fingerprint density at radius 1 is 1.20 bits per heavy atom. The van der Waals surface area contributed by atoms with E-state index in [-0.39, 0.29) is 5.91 Å². The van der Waals surface area contributed by atoms with E-state index in [9.17, 15) is 4.79 Å². The molecule has 0 unspecified atom stereocenters. The normalized spacial score (nSPS) is 13.5. The van der Waals surface area contributed by atoms with Crippen LogP contribution in [0.1, 0.15) is 53.5 Å². The van der Waals surface area contributed by atoms with Crippen molar-refractivity contribution in [3.63, 3.8) is 0 Å². The van der Waals surface area contributed by atoms with Crippen LogP contribution >= 0.6 is 0 Å². The molecular formula is C21H28N2O2. The van der Waals surface area contributed by atoms with Gasteiger partial charge in [-0.2, -0.15) is 0 Å². The molecule has 0 bridgehead atoms. The highest BCUT2D eigenvalue weighted by molar-refractivity contribution is 5.94. The second kappa shape index (κ2) is 8.34. The number of aryl methyl sites for hydroxylation is 2. The quantitative estimate of drug-likeness (QED) is 0.779. The van der Waals surface area contributed by atoms with E-state index in [4.69, 9.17) is 4.74 Å². The Bertz CT molecular complexity index is 716. The number of fused-ring (bicyclic) bond motifs is 1. The number of benzene rings is 1. The van der Waals surface area contributed by atoms with Gasteiger partial charge in [0.2, 0.25) is 0 Å². The molecule has 25 heavy (non-hydrogen) atoms. The maximum atomic E-state index is 12.2. The van der Waals surface area contributed by atoms with Crippen molar-refractivity contribution in [2.75, 3.05) is 19.8 Å². The van der Waals surface area contributed by atoms with Crippen molar-refractivity contribution in [2.24, 2.45) is 0 Å². The highest BCUT2D eigenvalue weighted by Gasteiger charge is 2.17. The highest BCUT2D eigenvalue weighted by Crippen LogP contribution is 2.28. The van der Waals surface area contributed by atoms with Crippen LogP contribution in [0.4, 0.5) is 0 Å². The van der Waals surface area contributed by atoms with Crippen molar-refractivity contribution in [2.45, 2.75) is 46.0 Å². The Labute approximate surface area is 150 Å². The van der Waals surface area contributed by atoms with Crippen LogP contribution in [0.25, 0.3) is 5.69 Å². The standard InChI is InChI=1S/C21H28N2O2/c1-3-25-14-6-13-22-21(24)17-9-11-19(12-10-17)23-16(2)15-18-7-4-5-8-20(18)23/h9-12,15H,3-8,13-14H2,1-2H3,(H,22,24). The highest BCUT2D eigenvalue weighted by atomic mass is 16.5. The lowest BCUT2D eigenvalue weighted by atomic mass is 9.98. The van der Waals surface area contributed by atoms with Crippen molar-refractivity contribution in [3.8, 4) is 5.69 Å². The fourth-order valence-electron chi connectivity index (χ4n) is 3.60. The Balaban J connectivity index is 1.67. The van der Waals surface area contributed by atoms with Crippen molar-refractivity contribution < 1.29 is 9.53 Å². The molecule has 0 atom stereocenters. The number of hydrogen-bond donors (Lipinski definition) is 1. The van der Waals surface area contributed by atoms with E-state index in [1.165, 1.54) is 36.2 Å². The molecule has 134 valence electrons. The predicted octanol–water partition coefficient (Wildman–Crippen LogP) is 3.82. The van der Waals surface area contributed by atoms with Gasteiger partial charge in [-0.3, -0.25) is 4.79 Å². The zero-order valence-electron chi connectivity index (χ0n) is 15.3. The van der Waals surface area contributed by atoms with Gasteiger partial charge in [-0.05, 0) is 81.8 Å². The Hall–Kier alpha value is -2.07. The first-order valence-electron chi connectivity index (χ1n) is 9.37. The Morgan fingerprint density at radius 2 is 1.96 bits per heavy atom. The number of carbonyl (C=O) groups is 1. The SMILES string of the molecule is CCOCCCNC(=O)c1ccc(-n2c(C)cc3c2CCCC3)cc1. The summed E-state index contributed by atoms with van der Waals surface area (Å²) in [6.07, 6.45) is 5.72. The van der Waals surface area contributed by atoms with Gasteiger partial charge in [0.25, 0.3) is 5.91 Å². The van der Waals surface area contributed by atoms with Crippen LogP contribution in [0, 0.1) is 6.92 Å². The first-order chi connectivity index (χ1) is 12.2. The number of nitrogens with one attached hydrogen (secondary N) is 1. The Morgan fingerprint density at radius 3 is 2.72 bits per heavy atom. The summed E-state index contributed by atoms with van der Waals surface area (Å²) in [7, 11) is 0. The molecule has 0 saturated carbocycles. The maximum absolute atomic E-state index is 12.2. The molecule has 0 saturated heterocycles. The molecule has 0 spiro atoms. The molecule has 1 aromatic heterocycles. The number of hydrogen-bond acceptors (Lipinski definition) is 2. The minimum Gasteiger partial charge on any atom is -0.382 e. The monoisotopic (exact) mass is 340 g/mol. The molecule has 0 radical (unpaired) electrons. The molecule has 1 aliphatic rings. The smallest absolute Gasteiger partial charge is 0.251 e. The van der Waals surface area contributed by atoms with E-state index in [1.54, 1.807) is 0 Å². The Kier molecular flexibility index (Phi) is 5.92. The molecule has 0 fully saturated rings. The zero-order chi connectivity index (χ0) is 17.6. The van der Waals surface area contributed by atoms with Gasteiger partial charge in [-0.15, -0.1) is 0 Å². The second-order valence-electron chi connectivity index (χ2n) is 6.65. The summed E-state index contributed by atoms with van der Waals surface area (Å²) in [4.78, 5) is 12.2. The van der Waals surface area contributed by atoms with Gasteiger partial charge >= 0.3 is 0 Å². The third-order valence-electron chi connectivity index (χ3n) is 4.83. The molecular weight excluding hydrogens is 312 g/mol. The predicted molar refractivity (Wildman–Crippen MR) is 101 cm³/mol. The summed E-state index contributed by atoms with van der Waals surface area (Å²) in [5.41, 5.74) is 6.06. The fourth-order valence-corrected chi connectivity index (χ4v) is 3.60. The fraction of sp³-hybridized carbons (Fsp3) is 0.476. The summed E-state index contributed by atoms with van der Waals surface area (Å²) in [6.45, 7) is 6.19. The summed E-state index contributed by atoms with van der Waals surface area (Å²) in [5.74, 6) is -0.0192. The number of carbonyl (C=O) groups excluding carboxylic acids is 1. The first-order valence-corrected chi connectivity index (χ1v) is 9.37. The largest absolute Gasteiger partial charge is 0.382 e. The lowest BCUT2D eigenvalue weighted by Gasteiger charge is -2.17. The number of nitrogens with zero attached hydrogens (tertiary/aromatic N) is 1. The van der Waals surface area contributed by atoms with Gasteiger partial charge in [0.15, 0.2) is 0 Å². The van der Waals surface area contributed by atoms with Gasteiger partial charge in [0.1, 0.15) is 0 Å². The zero-order valence-corrected chi connectivity index (χ0v) is 15.3. The molecule has 1 heterocycles. The lowest BCUT2D eigenvalue weighted by Crippen LogP contribution is -2.25. The van der Waals surface area contributed by atoms with Crippen LogP contribution in [0.2, 0.25) is 0 Å². The molecule has 3 rings (SSSR count). The summed E-state index contributed by atoms with van der Waals surface area (Å²) < 4.78 is 7.63. The van der Waals surface area contributed by atoms with Crippen molar-refractivity contribution >= 4 is 5.91 Å². The van der Waals surface area contributed by atoms with Crippen LogP contribution in [0.3, 0.4) is 0 Å². The van der Waals surface area contributed by atoms with Crippen molar-refractivity contribution in [1.29, 1.82) is 0 Å². The van der Waals surface area contributed by atoms with Crippen LogP contribution in [-0.2, 0) is 17.6 Å². The number of rotatable bonds is 7. The number of aromatic nitrogens is 1. The van der Waals surface area contributed by atoms with Crippen LogP contribution in [0.5, 0.6) is 0 Å². The topological polar surface area (TPSA) is 43.3 Å². The molecule has 0 aliphatic heterocycles. The van der Waals surface area contributed by atoms with Crippen LogP contribution in [0.15, 0.2) is 30.3 Å². The third-order valence-corrected chi connectivity index (χ3v) is 4.83. The van der Waals surface area contributed by atoms with E-state index in [0.717, 1.165) is 25.1 Å². The van der Waals surface area contributed by atoms with Gasteiger partial charge < -0.3 is 14.6 Å². The van der Waals surface area contributed by atoms with Gasteiger partial charge in [0, 0.05) is 42.4 Å². The molecule has 2 aromatic rings. The van der Waals surface area contributed by atoms with E-state index in [2.05, 4.69) is 35.0 Å². The summed E-state index contributed by atoms with van der Waals surface area (Å²) >= 11 is 0. The van der Waals surface area contributed by atoms with Crippen LogP contribution in [-0.4, -0.2) is 30.2 Å². The summed E-state index contributed by atoms with van der Waals surface area (Å²) in [6, 6.07) is 10.3. The molecule has 4 nitrogen and oxygen atoms in total. The molecule has 1 N–H and O–H groups in total. The van der Waals surface area contributed by atoms with E-state index in [0.29, 0.717) is 18.7 Å². The summed E-state index contributed by atoms with van der Waals surface area (Å²) in [5, 5.41) is 2.95. The first kappa shape index (κ1) is 17.7. The van der Waals surface area contributed by atoms with E-state index in [1.807, 2.05) is 19.1 Å². The molecule has 1 aromatic carbocycles. The molecule has 1 amide bonds. The van der Waals surface area contributed by atoms with Crippen molar-refractivity contribution in [1.82, 2.24) is 9.88 Å². The lowest BCUT2D eigenvalue weighted by molar-refractivity contribution is 0.0944. The second-order valence-corrected chi connectivity index (χ2v) is 6.65. The average Bonchev–Trinajstić information content (AvgIpc) is 2.97. The minimum atomic E-state index is -0.0192. The van der Waals surface area contributed by atoms with Gasteiger partial charge in [0.05, 0.1) is 0 Å². The van der Waals surface area contributed by atoms with E-state index < -0.39 is 0 Å². The number of ether oxygens (including phenoxy) is 1. The minimum absolute atomic E-state index is 0.0192. The molecule has 4 heteroatoms.